The molecule has 11 heteroatoms. The maximum Gasteiger partial charge on any atom is 0.259 e. The van der Waals surface area contributed by atoms with Gasteiger partial charge in [-0.05, 0) is 57.0 Å². The van der Waals surface area contributed by atoms with Gasteiger partial charge in [0.1, 0.15) is 29.5 Å². The highest BCUT2D eigenvalue weighted by atomic mass is 19.1. The van der Waals surface area contributed by atoms with Gasteiger partial charge >= 0.3 is 0 Å². The second-order valence-electron chi connectivity index (χ2n) is 11.1. The number of carbonyl (C=O) groups is 2. The van der Waals surface area contributed by atoms with Crippen molar-refractivity contribution in [3.05, 3.63) is 102 Å². The van der Waals surface area contributed by atoms with Gasteiger partial charge in [0.05, 0.1) is 22.6 Å². The molecule has 0 unspecified atom stereocenters. The van der Waals surface area contributed by atoms with E-state index in [-0.39, 0.29) is 23.3 Å². The molecule has 1 aliphatic heterocycles. The standard InChI is InChI=1S/C32H29FN8O2/c1-19(2)41-18-34-38-30(41)24-9-6-10-28(35-24)37-31(42)22-15-26-27(16-23(22)33)39(32(43)21-7-4-3-5-8-21)14-13-29-36-25(17-40(26)29)20-11-12-20/h3-10,15-20H,11-14H2,1-2H3,(H,35,37,42). The highest BCUT2D eigenvalue weighted by Gasteiger charge is 2.32. The van der Waals surface area contributed by atoms with Gasteiger partial charge in [-0.25, -0.2) is 14.4 Å². The van der Waals surface area contributed by atoms with E-state index in [1.165, 1.54) is 12.1 Å². The maximum atomic E-state index is 15.8. The van der Waals surface area contributed by atoms with E-state index in [1.807, 2.05) is 35.2 Å². The third kappa shape index (κ3) is 4.96. The molecular formula is C32H29FN8O2. The summed E-state index contributed by atoms with van der Waals surface area (Å²) in [5, 5.41) is 10.9. The Morgan fingerprint density at radius 2 is 1.81 bits per heavy atom. The SMILES string of the molecule is CC(C)n1cnnc1-c1cccc(NC(=O)c2cc3c(cc2F)N(C(=O)c2ccccc2)CCc2nc(C4CC4)cn2-3)n1. The number of benzene rings is 2. The fourth-order valence-electron chi connectivity index (χ4n) is 5.43. The van der Waals surface area contributed by atoms with Crippen LogP contribution < -0.4 is 10.2 Å². The van der Waals surface area contributed by atoms with E-state index in [9.17, 15) is 9.59 Å². The number of rotatable bonds is 6. The van der Waals surface area contributed by atoms with Crippen molar-refractivity contribution in [2.24, 2.45) is 0 Å². The van der Waals surface area contributed by atoms with E-state index in [2.05, 4.69) is 20.5 Å². The van der Waals surface area contributed by atoms with Crippen LogP contribution in [0.2, 0.25) is 0 Å². The van der Waals surface area contributed by atoms with Crippen molar-refractivity contribution in [1.29, 1.82) is 0 Å². The van der Waals surface area contributed by atoms with Crippen LogP contribution in [0.1, 0.15) is 70.9 Å². The van der Waals surface area contributed by atoms with E-state index in [0.717, 1.165) is 24.4 Å². The van der Waals surface area contributed by atoms with Gasteiger partial charge < -0.3 is 19.4 Å². The lowest BCUT2D eigenvalue weighted by Crippen LogP contribution is -2.33. The molecule has 0 spiro atoms. The van der Waals surface area contributed by atoms with Crippen LogP contribution in [0.4, 0.5) is 15.9 Å². The molecule has 2 aliphatic rings. The normalized spacial score (nSPS) is 14.3. The van der Waals surface area contributed by atoms with E-state index in [0.29, 0.717) is 47.3 Å². The largest absolute Gasteiger partial charge is 0.310 e. The summed E-state index contributed by atoms with van der Waals surface area (Å²) in [5.41, 5.74) is 2.74. The van der Waals surface area contributed by atoms with Gasteiger partial charge in [0, 0.05) is 42.8 Å². The Kier molecular flexibility index (Phi) is 6.56. The van der Waals surface area contributed by atoms with Crippen LogP contribution in [0.15, 0.2) is 73.2 Å². The van der Waals surface area contributed by atoms with Gasteiger partial charge in [-0.1, -0.05) is 24.3 Å². The molecule has 5 aromatic rings. The Labute approximate surface area is 247 Å². The van der Waals surface area contributed by atoms with Crippen LogP contribution in [0.3, 0.4) is 0 Å². The number of halogens is 1. The van der Waals surface area contributed by atoms with E-state index >= 15 is 4.39 Å². The number of fused-ring (bicyclic) bond motifs is 3. The molecule has 2 amide bonds. The lowest BCUT2D eigenvalue weighted by Gasteiger charge is -2.23. The van der Waals surface area contributed by atoms with E-state index in [1.54, 1.807) is 53.7 Å². The molecule has 0 saturated heterocycles. The van der Waals surface area contributed by atoms with Crippen molar-refractivity contribution in [2.75, 3.05) is 16.8 Å². The molecule has 2 aromatic carbocycles. The zero-order valence-corrected chi connectivity index (χ0v) is 23.7. The molecule has 1 N–H and O–H groups in total. The maximum absolute atomic E-state index is 15.8. The summed E-state index contributed by atoms with van der Waals surface area (Å²) in [7, 11) is 0. The van der Waals surface area contributed by atoms with Crippen LogP contribution in [0, 0.1) is 5.82 Å². The first kappa shape index (κ1) is 26.7. The predicted molar refractivity (Wildman–Crippen MR) is 159 cm³/mol. The van der Waals surface area contributed by atoms with Crippen molar-refractivity contribution < 1.29 is 14.0 Å². The molecular weight excluding hydrogens is 547 g/mol. The highest BCUT2D eigenvalue weighted by Crippen LogP contribution is 2.41. The average Bonchev–Trinajstić information content (AvgIpc) is 3.62. The lowest BCUT2D eigenvalue weighted by atomic mass is 10.1. The van der Waals surface area contributed by atoms with Crippen molar-refractivity contribution in [3.63, 3.8) is 0 Å². The van der Waals surface area contributed by atoms with Crippen molar-refractivity contribution in [1.82, 2.24) is 29.3 Å². The van der Waals surface area contributed by atoms with Gasteiger partial charge in [0.25, 0.3) is 11.8 Å². The fraction of sp³-hybridized carbons (Fsp3) is 0.250. The number of hydrogen-bond acceptors (Lipinski definition) is 6. The second-order valence-corrected chi connectivity index (χ2v) is 11.1. The number of aromatic nitrogens is 6. The first-order valence-electron chi connectivity index (χ1n) is 14.3. The van der Waals surface area contributed by atoms with E-state index < -0.39 is 11.7 Å². The van der Waals surface area contributed by atoms with Crippen LogP contribution in [0.5, 0.6) is 0 Å². The molecule has 7 rings (SSSR count). The molecule has 0 bridgehead atoms. The molecule has 1 aliphatic carbocycles. The molecule has 0 radical (unpaired) electrons. The second kappa shape index (κ2) is 10.6. The van der Waals surface area contributed by atoms with Crippen molar-refractivity contribution >= 4 is 23.3 Å². The average molecular weight is 577 g/mol. The number of amides is 2. The van der Waals surface area contributed by atoms with Crippen LogP contribution >= 0.6 is 0 Å². The summed E-state index contributed by atoms with van der Waals surface area (Å²) < 4.78 is 19.6. The lowest BCUT2D eigenvalue weighted by molar-refractivity contribution is 0.0986. The smallest absolute Gasteiger partial charge is 0.259 e. The van der Waals surface area contributed by atoms with Gasteiger partial charge in [0.2, 0.25) is 0 Å². The first-order chi connectivity index (χ1) is 20.9. The van der Waals surface area contributed by atoms with Crippen LogP contribution in [0.25, 0.3) is 17.2 Å². The quantitative estimate of drug-likeness (QED) is 0.283. The number of nitrogens with one attached hydrogen (secondary N) is 1. The number of anilines is 2. The zero-order chi connectivity index (χ0) is 29.7. The van der Waals surface area contributed by atoms with E-state index in [4.69, 9.17) is 4.98 Å². The summed E-state index contributed by atoms with van der Waals surface area (Å²) in [6.45, 7) is 4.34. The fourth-order valence-corrected chi connectivity index (χ4v) is 5.43. The van der Waals surface area contributed by atoms with Gasteiger partial charge in [-0.2, -0.15) is 0 Å². The van der Waals surface area contributed by atoms with Crippen molar-refractivity contribution in [3.8, 4) is 17.2 Å². The Morgan fingerprint density at radius 1 is 1.00 bits per heavy atom. The number of nitrogens with zero attached hydrogens (tertiary/aromatic N) is 7. The van der Waals surface area contributed by atoms with Gasteiger partial charge in [-0.15, -0.1) is 10.2 Å². The highest BCUT2D eigenvalue weighted by molar-refractivity contribution is 6.09. The molecule has 216 valence electrons. The molecule has 1 fully saturated rings. The number of hydrogen-bond donors (Lipinski definition) is 1. The molecule has 3 aromatic heterocycles. The Hall–Kier alpha value is -5.19. The van der Waals surface area contributed by atoms with Crippen LogP contribution in [-0.4, -0.2) is 47.7 Å². The number of pyridine rings is 1. The molecule has 1 saturated carbocycles. The third-order valence-corrected chi connectivity index (χ3v) is 7.83. The third-order valence-electron chi connectivity index (χ3n) is 7.83. The summed E-state index contributed by atoms with van der Waals surface area (Å²) in [5.74, 6) is 0.330. The van der Waals surface area contributed by atoms with Crippen LogP contribution in [-0.2, 0) is 6.42 Å². The molecule has 43 heavy (non-hydrogen) atoms. The first-order valence-corrected chi connectivity index (χ1v) is 14.3. The summed E-state index contributed by atoms with van der Waals surface area (Å²) in [4.78, 5) is 38.1. The zero-order valence-electron chi connectivity index (χ0n) is 23.7. The summed E-state index contributed by atoms with van der Waals surface area (Å²) in [6, 6.07) is 16.9. The van der Waals surface area contributed by atoms with Gasteiger partial charge in [-0.3, -0.25) is 9.59 Å². The molecule has 4 heterocycles. The summed E-state index contributed by atoms with van der Waals surface area (Å²) >= 11 is 0. The predicted octanol–water partition coefficient (Wildman–Crippen LogP) is 5.58. The van der Waals surface area contributed by atoms with Crippen molar-refractivity contribution in [2.45, 2.75) is 45.1 Å². The minimum absolute atomic E-state index is 0.112. The molecule has 0 atom stereocenters. The Morgan fingerprint density at radius 3 is 2.58 bits per heavy atom. The molecule has 10 nitrogen and oxygen atoms in total. The number of imidazole rings is 1. The summed E-state index contributed by atoms with van der Waals surface area (Å²) in [6.07, 6.45) is 6.23. The minimum Gasteiger partial charge on any atom is -0.310 e. The topological polar surface area (TPSA) is 111 Å². The number of carbonyl (C=O) groups excluding carboxylic acids is 2. The van der Waals surface area contributed by atoms with Gasteiger partial charge in [0.15, 0.2) is 5.82 Å². The minimum atomic E-state index is -0.746. The Bertz CT molecular complexity index is 1860. The Balaban J connectivity index is 1.26. The monoisotopic (exact) mass is 576 g/mol.